The van der Waals surface area contributed by atoms with Crippen molar-refractivity contribution in [1.82, 2.24) is 9.80 Å². The molecule has 1 fully saturated rings. The van der Waals surface area contributed by atoms with Crippen LogP contribution in [0.3, 0.4) is 0 Å². The lowest BCUT2D eigenvalue weighted by Crippen LogP contribution is -2.47. The third-order valence-corrected chi connectivity index (χ3v) is 4.39. The number of hydrogen-bond donors (Lipinski definition) is 0. The van der Waals surface area contributed by atoms with Crippen LogP contribution < -0.4 is 0 Å². The molecule has 25 heavy (non-hydrogen) atoms. The Bertz CT molecular complexity index is 550. The van der Waals surface area contributed by atoms with Crippen molar-refractivity contribution in [2.45, 2.75) is 26.3 Å². The number of rotatable bonds is 7. The van der Waals surface area contributed by atoms with E-state index >= 15 is 0 Å². The van der Waals surface area contributed by atoms with E-state index in [1.165, 1.54) is 0 Å². The lowest BCUT2D eigenvalue weighted by molar-refractivity contribution is -0.138. The quantitative estimate of drug-likeness (QED) is 0.760. The first-order valence-electron chi connectivity index (χ1n) is 8.89. The largest absolute Gasteiger partial charge is 0.450 e. The van der Waals surface area contributed by atoms with Gasteiger partial charge in [-0.15, -0.1) is 0 Å². The number of ether oxygens (including phenoxy) is 2. The summed E-state index contributed by atoms with van der Waals surface area (Å²) in [5.74, 6) is -0.103. The van der Waals surface area contributed by atoms with Crippen molar-refractivity contribution in [3.63, 3.8) is 0 Å². The van der Waals surface area contributed by atoms with E-state index in [-0.39, 0.29) is 17.9 Å². The zero-order valence-corrected chi connectivity index (χ0v) is 15.1. The smallest absolute Gasteiger partial charge is 0.409 e. The number of nitrogens with zero attached hydrogens (tertiary/aromatic N) is 2. The van der Waals surface area contributed by atoms with Gasteiger partial charge in [-0.3, -0.25) is 4.79 Å². The monoisotopic (exact) mass is 348 g/mol. The molecule has 2 rings (SSSR count). The van der Waals surface area contributed by atoms with Gasteiger partial charge in [-0.1, -0.05) is 30.3 Å². The third-order valence-electron chi connectivity index (χ3n) is 4.39. The van der Waals surface area contributed by atoms with Crippen molar-refractivity contribution in [2.24, 2.45) is 5.92 Å². The van der Waals surface area contributed by atoms with E-state index in [1.54, 1.807) is 18.9 Å². The summed E-state index contributed by atoms with van der Waals surface area (Å²) in [4.78, 5) is 28.5. The molecule has 1 unspecified atom stereocenters. The van der Waals surface area contributed by atoms with Gasteiger partial charge in [0.05, 0.1) is 19.1 Å². The van der Waals surface area contributed by atoms with Gasteiger partial charge < -0.3 is 19.3 Å². The van der Waals surface area contributed by atoms with Crippen molar-refractivity contribution in [2.75, 3.05) is 40.0 Å². The van der Waals surface area contributed by atoms with Gasteiger partial charge >= 0.3 is 6.09 Å². The van der Waals surface area contributed by atoms with Crippen LogP contribution in [-0.2, 0) is 20.8 Å². The Balaban J connectivity index is 2.02. The Morgan fingerprint density at radius 3 is 2.72 bits per heavy atom. The first-order valence-corrected chi connectivity index (χ1v) is 8.89. The van der Waals surface area contributed by atoms with E-state index in [4.69, 9.17) is 9.47 Å². The zero-order valence-electron chi connectivity index (χ0n) is 15.1. The summed E-state index contributed by atoms with van der Waals surface area (Å²) >= 11 is 0. The van der Waals surface area contributed by atoms with E-state index in [1.807, 2.05) is 35.2 Å². The highest BCUT2D eigenvalue weighted by Crippen LogP contribution is 2.20. The second-order valence-corrected chi connectivity index (χ2v) is 6.22. The molecule has 0 radical (unpaired) electrons. The fourth-order valence-corrected chi connectivity index (χ4v) is 3.09. The van der Waals surface area contributed by atoms with Gasteiger partial charge in [0.1, 0.15) is 0 Å². The molecule has 0 saturated carbocycles. The summed E-state index contributed by atoms with van der Waals surface area (Å²) in [5.41, 5.74) is 1.09. The maximum absolute atomic E-state index is 13.0. The number of benzene rings is 1. The lowest BCUT2D eigenvalue weighted by Gasteiger charge is -2.34. The number of hydrogen-bond acceptors (Lipinski definition) is 4. The number of carbonyl (C=O) groups excluding carboxylic acids is 2. The molecular weight excluding hydrogens is 320 g/mol. The van der Waals surface area contributed by atoms with Gasteiger partial charge in [0.15, 0.2) is 0 Å². The number of carbonyl (C=O) groups is 2. The topological polar surface area (TPSA) is 59.1 Å². The van der Waals surface area contributed by atoms with Crippen LogP contribution in [0.5, 0.6) is 0 Å². The highest BCUT2D eigenvalue weighted by atomic mass is 16.6. The van der Waals surface area contributed by atoms with Gasteiger partial charge in [0.2, 0.25) is 5.91 Å². The van der Waals surface area contributed by atoms with Crippen LogP contribution in [-0.4, -0.2) is 61.8 Å². The molecule has 138 valence electrons. The summed E-state index contributed by atoms with van der Waals surface area (Å²) < 4.78 is 10.2. The molecule has 0 aliphatic carbocycles. The third kappa shape index (κ3) is 5.74. The van der Waals surface area contributed by atoms with Crippen LogP contribution in [0, 0.1) is 5.92 Å². The zero-order chi connectivity index (χ0) is 18.1. The van der Waals surface area contributed by atoms with Gasteiger partial charge in [-0.25, -0.2) is 4.79 Å². The Labute approximate surface area is 149 Å². The molecule has 1 atom stereocenters. The molecule has 1 heterocycles. The summed E-state index contributed by atoms with van der Waals surface area (Å²) in [7, 11) is 1.63. The van der Waals surface area contributed by atoms with Crippen molar-refractivity contribution in [1.29, 1.82) is 0 Å². The standard InChI is InChI=1S/C19H28N2O4/c1-3-25-19(23)21-11-7-10-17(15-21)18(22)20(12-13-24-2)14-16-8-5-4-6-9-16/h4-6,8-9,17H,3,7,10-15H2,1-2H3. The molecule has 0 bridgehead atoms. The number of methoxy groups -OCH3 is 1. The van der Waals surface area contributed by atoms with Crippen LogP contribution in [0.2, 0.25) is 0 Å². The van der Waals surface area contributed by atoms with Gasteiger partial charge in [-0.05, 0) is 25.3 Å². The summed E-state index contributed by atoms with van der Waals surface area (Å²) in [6.45, 7) is 4.81. The Kier molecular flexibility index (Phi) is 7.73. The minimum Gasteiger partial charge on any atom is -0.450 e. The number of amides is 2. The molecule has 6 nitrogen and oxygen atoms in total. The molecule has 0 aromatic heterocycles. The van der Waals surface area contributed by atoms with Crippen LogP contribution in [0.4, 0.5) is 4.79 Å². The predicted octanol–water partition coefficient (Wildman–Crippen LogP) is 2.53. The highest BCUT2D eigenvalue weighted by molar-refractivity contribution is 5.80. The molecule has 1 aromatic rings. The second kappa shape index (κ2) is 10.0. The molecule has 1 aliphatic heterocycles. The molecule has 1 saturated heterocycles. The first kappa shape index (κ1) is 19.2. The van der Waals surface area contributed by atoms with Gasteiger partial charge in [-0.2, -0.15) is 0 Å². The lowest BCUT2D eigenvalue weighted by atomic mass is 9.96. The first-order chi connectivity index (χ1) is 12.2. The molecule has 0 spiro atoms. The van der Waals surface area contributed by atoms with Crippen molar-refractivity contribution in [3.8, 4) is 0 Å². The van der Waals surface area contributed by atoms with E-state index in [0.29, 0.717) is 39.4 Å². The van der Waals surface area contributed by atoms with Gasteiger partial charge in [0, 0.05) is 33.3 Å². The molecule has 0 N–H and O–H groups in total. The predicted molar refractivity (Wildman–Crippen MR) is 95.1 cm³/mol. The highest BCUT2D eigenvalue weighted by Gasteiger charge is 2.31. The average Bonchev–Trinajstić information content (AvgIpc) is 2.65. The SMILES string of the molecule is CCOC(=O)N1CCCC(C(=O)N(CCOC)Cc2ccccc2)C1. The Morgan fingerprint density at radius 1 is 1.28 bits per heavy atom. The summed E-state index contributed by atoms with van der Waals surface area (Å²) in [6, 6.07) is 9.93. The van der Waals surface area contributed by atoms with E-state index in [2.05, 4.69) is 0 Å². The maximum atomic E-state index is 13.0. The summed E-state index contributed by atoms with van der Waals surface area (Å²) in [5, 5.41) is 0. The molecule has 6 heteroatoms. The van der Waals surface area contributed by atoms with Crippen molar-refractivity contribution in [3.05, 3.63) is 35.9 Å². The summed E-state index contributed by atoms with van der Waals surface area (Å²) in [6.07, 6.45) is 1.29. The van der Waals surface area contributed by atoms with E-state index in [9.17, 15) is 9.59 Å². The molecule has 1 aliphatic rings. The number of likely N-dealkylation sites (tertiary alicyclic amines) is 1. The van der Waals surface area contributed by atoms with Crippen molar-refractivity contribution >= 4 is 12.0 Å². The van der Waals surface area contributed by atoms with Crippen LogP contribution in [0.15, 0.2) is 30.3 Å². The van der Waals surface area contributed by atoms with E-state index in [0.717, 1.165) is 18.4 Å². The van der Waals surface area contributed by atoms with E-state index < -0.39 is 0 Å². The fraction of sp³-hybridized carbons (Fsp3) is 0.579. The van der Waals surface area contributed by atoms with Gasteiger partial charge in [0.25, 0.3) is 0 Å². The van der Waals surface area contributed by atoms with Crippen LogP contribution in [0.25, 0.3) is 0 Å². The average molecular weight is 348 g/mol. The molecule has 2 amide bonds. The Hall–Kier alpha value is -2.08. The number of piperidine rings is 1. The minimum atomic E-state index is -0.327. The van der Waals surface area contributed by atoms with Crippen LogP contribution >= 0.6 is 0 Å². The second-order valence-electron chi connectivity index (χ2n) is 6.22. The van der Waals surface area contributed by atoms with Crippen molar-refractivity contribution < 1.29 is 19.1 Å². The molecule has 1 aromatic carbocycles. The maximum Gasteiger partial charge on any atom is 0.409 e. The normalized spacial score (nSPS) is 17.2. The Morgan fingerprint density at radius 2 is 2.04 bits per heavy atom. The molecular formula is C19H28N2O4. The fourth-order valence-electron chi connectivity index (χ4n) is 3.09. The van der Waals surface area contributed by atoms with Crippen LogP contribution in [0.1, 0.15) is 25.3 Å². The minimum absolute atomic E-state index is 0.0786.